The van der Waals surface area contributed by atoms with Gasteiger partial charge in [0.05, 0.1) is 18.2 Å². The highest BCUT2D eigenvalue weighted by atomic mass is 35.5. The number of rotatable bonds is 3. The highest BCUT2D eigenvalue weighted by Crippen LogP contribution is 2.38. The minimum absolute atomic E-state index is 0.0322. The standard InChI is InChI=1S/C22H23ClN2O5/c23-17-11-16(12-20-21(17)28-9-1-8-27-20)22(26)25-6-4-24(5-7-25)13-15-2-3-18-19(10-15)30-14-29-18/h2-3,10-12H,1,4-9,13-14H2. The van der Waals surface area contributed by atoms with E-state index in [1.165, 1.54) is 5.56 Å². The number of hydrogen-bond acceptors (Lipinski definition) is 6. The van der Waals surface area contributed by atoms with Gasteiger partial charge in [-0.1, -0.05) is 17.7 Å². The molecule has 2 aromatic carbocycles. The van der Waals surface area contributed by atoms with Crippen molar-refractivity contribution in [2.24, 2.45) is 0 Å². The van der Waals surface area contributed by atoms with Crippen LogP contribution in [-0.4, -0.2) is 61.9 Å². The number of ether oxygens (including phenoxy) is 4. The molecule has 0 N–H and O–H groups in total. The molecule has 0 aliphatic carbocycles. The zero-order valence-electron chi connectivity index (χ0n) is 16.6. The van der Waals surface area contributed by atoms with Gasteiger partial charge >= 0.3 is 0 Å². The van der Waals surface area contributed by atoms with Crippen LogP contribution in [0.15, 0.2) is 30.3 Å². The van der Waals surface area contributed by atoms with Crippen LogP contribution >= 0.6 is 11.6 Å². The molecule has 0 saturated carbocycles. The molecule has 0 aromatic heterocycles. The first-order valence-electron chi connectivity index (χ1n) is 10.2. The zero-order chi connectivity index (χ0) is 20.5. The normalized spacial score (nSPS) is 18.2. The van der Waals surface area contributed by atoms with Gasteiger partial charge in [0.1, 0.15) is 0 Å². The Morgan fingerprint density at radius 2 is 1.70 bits per heavy atom. The average molecular weight is 431 g/mol. The maximum atomic E-state index is 13.0. The molecule has 0 bridgehead atoms. The van der Waals surface area contributed by atoms with Crippen molar-refractivity contribution in [3.8, 4) is 23.0 Å². The van der Waals surface area contributed by atoms with Gasteiger partial charge in [0.2, 0.25) is 6.79 Å². The number of carbonyl (C=O) groups is 1. The van der Waals surface area contributed by atoms with Crippen molar-refractivity contribution in [3.05, 3.63) is 46.5 Å². The Labute approximate surface area is 180 Å². The maximum Gasteiger partial charge on any atom is 0.254 e. The van der Waals surface area contributed by atoms with Crippen molar-refractivity contribution in [3.63, 3.8) is 0 Å². The van der Waals surface area contributed by atoms with Crippen LogP contribution in [0.1, 0.15) is 22.3 Å². The SMILES string of the molecule is O=C(c1cc(Cl)c2c(c1)OCCCO2)N1CCN(Cc2ccc3c(c2)OCO3)CC1. The van der Waals surface area contributed by atoms with Crippen molar-refractivity contribution in [2.45, 2.75) is 13.0 Å². The Morgan fingerprint density at radius 3 is 2.57 bits per heavy atom. The first kappa shape index (κ1) is 19.3. The monoisotopic (exact) mass is 430 g/mol. The number of hydrogen-bond donors (Lipinski definition) is 0. The quantitative estimate of drug-likeness (QED) is 0.745. The molecule has 2 aromatic rings. The molecule has 158 valence electrons. The Balaban J connectivity index is 1.22. The summed E-state index contributed by atoms with van der Waals surface area (Å²) < 4.78 is 22.2. The molecule has 0 atom stereocenters. The van der Waals surface area contributed by atoms with Gasteiger partial charge in [-0.25, -0.2) is 0 Å². The largest absolute Gasteiger partial charge is 0.489 e. The number of piperazine rings is 1. The van der Waals surface area contributed by atoms with Gasteiger partial charge in [-0.3, -0.25) is 9.69 Å². The van der Waals surface area contributed by atoms with Crippen molar-refractivity contribution < 1.29 is 23.7 Å². The summed E-state index contributed by atoms with van der Waals surface area (Å²) in [5.41, 5.74) is 1.71. The van der Waals surface area contributed by atoms with E-state index in [2.05, 4.69) is 11.0 Å². The number of benzene rings is 2. The molecule has 1 fully saturated rings. The van der Waals surface area contributed by atoms with E-state index in [9.17, 15) is 4.79 Å². The smallest absolute Gasteiger partial charge is 0.254 e. The number of nitrogens with zero attached hydrogens (tertiary/aromatic N) is 2. The van der Waals surface area contributed by atoms with Crippen LogP contribution in [0.2, 0.25) is 5.02 Å². The predicted molar refractivity (Wildman–Crippen MR) is 111 cm³/mol. The zero-order valence-corrected chi connectivity index (χ0v) is 17.3. The van der Waals surface area contributed by atoms with E-state index in [0.717, 1.165) is 37.6 Å². The highest BCUT2D eigenvalue weighted by Gasteiger charge is 2.25. The molecule has 30 heavy (non-hydrogen) atoms. The molecule has 3 aliphatic rings. The lowest BCUT2D eigenvalue weighted by Gasteiger charge is -2.35. The summed E-state index contributed by atoms with van der Waals surface area (Å²) in [5, 5.41) is 0.416. The molecule has 7 nitrogen and oxygen atoms in total. The third-order valence-electron chi connectivity index (χ3n) is 5.55. The van der Waals surface area contributed by atoms with Crippen molar-refractivity contribution in [2.75, 3.05) is 46.2 Å². The lowest BCUT2D eigenvalue weighted by molar-refractivity contribution is 0.0628. The second kappa shape index (κ2) is 8.24. The Hall–Kier alpha value is -2.64. The van der Waals surface area contributed by atoms with Crippen LogP contribution < -0.4 is 18.9 Å². The summed E-state index contributed by atoms with van der Waals surface area (Å²) in [5.74, 6) is 2.63. The van der Waals surface area contributed by atoms with Crippen LogP contribution in [0.5, 0.6) is 23.0 Å². The second-order valence-corrected chi connectivity index (χ2v) is 8.00. The van der Waals surface area contributed by atoms with Gasteiger partial charge in [-0.05, 0) is 29.8 Å². The van der Waals surface area contributed by atoms with Gasteiger partial charge in [0.15, 0.2) is 23.0 Å². The van der Waals surface area contributed by atoms with Gasteiger partial charge in [-0.15, -0.1) is 0 Å². The Kier molecular flexibility index (Phi) is 5.31. The van der Waals surface area contributed by atoms with E-state index in [1.54, 1.807) is 12.1 Å². The lowest BCUT2D eigenvalue weighted by atomic mass is 10.1. The van der Waals surface area contributed by atoms with Gasteiger partial charge in [-0.2, -0.15) is 0 Å². The number of amides is 1. The molecule has 0 unspecified atom stereocenters. The Bertz CT molecular complexity index is 959. The fraction of sp³-hybridized carbons (Fsp3) is 0.409. The fourth-order valence-corrected chi connectivity index (χ4v) is 4.21. The van der Waals surface area contributed by atoms with E-state index < -0.39 is 0 Å². The highest BCUT2D eigenvalue weighted by molar-refractivity contribution is 6.32. The third-order valence-corrected chi connectivity index (χ3v) is 5.83. The fourth-order valence-electron chi connectivity index (χ4n) is 3.94. The second-order valence-electron chi connectivity index (χ2n) is 7.59. The molecule has 3 heterocycles. The summed E-state index contributed by atoms with van der Waals surface area (Å²) in [4.78, 5) is 17.2. The van der Waals surface area contributed by atoms with E-state index in [-0.39, 0.29) is 12.7 Å². The van der Waals surface area contributed by atoms with Crippen LogP contribution in [0.25, 0.3) is 0 Å². The molecule has 0 radical (unpaired) electrons. The molecule has 1 saturated heterocycles. The molecule has 3 aliphatic heterocycles. The number of carbonyl (C=O) groups excluding carboxylic acids is 1. The third kappa shape index (κ3) is 3.87. The molecular formula is C22H23ClN2O5. The van der Waals surface area contributed by atoms with E-state index in [4.69, 9.17) is 30.5 Å². The molecular weight excluding hydrogens is 408 g/mol. The summed E-state index contributed by atoms with van der Waals surface area (Å²) in [6.45, 7) is 5.14. The summed E-state index contributed by atoms with van der Waals surface area (Å²) >= 11 is 6.35. The minimum atomic E-state index is -0.0322. The van der Waals surface area contributed by atoms with Crippen molar-refractivity contribution >= 4 is 17.5 Å². The van der Waals surface area contributed by atoms with Gasteiger partial charge < -0.3 is 23.8 Å². The predicted octanol–water partition coefficient (Wildman–Crippen LogP) is 3.19. The van der Waals surface area contributed by atoms with Gasteiger partial charge in [0, 0.05) is 44.7 Å². The van der Waals surface area contributed by atoms with E-state index >= 15 is 0 Å². The molecule has 0 spiro atoms. The first-order chi connectivity index (χ1) is 14.7. The van der Waals surface area contributed by atoms with Crippen molar-refractivity contribution in [1.29, 1.82) is 0 Å². The topological polar surface area (TPSA) is 60.5 Å². The summed E-state index contributed by atoms with van der Waals surface area (Å²) in [6.07, 6.45) is 0.791. The van der Waals surface area contributed by atoms with E-state index in [0.29, 0.717) is 48.4 Å². The van der Waals surface area contributed by atoms with Crippen LogP contribution in [-0.2, 0) is 6.54 Å². The van der Waals surface area contributed by atoms with Crippen LogP contribution in [0.3, 0.4) is 0 Å². The lowest BCUT2D eigenvalue weighted by Crippen LogP contribution is -2.48. The van der Waals surface area contributed by atoms with E-state index in [1.807, 2.05) is 17.0 Å². The molecule has 1 amide bonds. The first-order valence-corrected chi connectivity index (χ1v) is 10.5. The molecule has 8 heteroatoms. The van der Waals surface area contributed by atoms with Crippen LogP contribution in [0, 0.1) is 0 Å². The molecule has 5 rings (SSSR count). The van der Waals surface area contributed by atoms with Gasteiger partial charge in [0.25, 0.3) is 5.91 Å². The van der Waals surface area contributed by atoms with Crippen molar-refractivity contribution in [1.82, 2.24) is 9.80 Å². The average Bonchev–Trinajstić information content (AvgIpc) is 3.09. The summed E-state index contributed by atoms with van der Waals surface area (Å²) in [7, 11) is 0. The summed E-state index contributed by atoms with van der Waals surface area (Å²) in [6, 6.07) is 9.46. The Morgan fingerprint density at radius 1 is 0.900 bits per heavy atom. The maximum absolute atomic E-state index is 13.0. The number of fused-ring (bicyclic) bond motifs is 2. The minimum Gasteiger partial charge on any atom is -0.489 e. The van der Waals surface area contributed by atoms with Crippen LogP contribution in [0.4, 0.5) is 0 Å². The number of halogens is 1.